The highest BCUT2D eigenvalue weighted by molar-refractivity contribution is 7.90. The van der Waals surface area contributed by atoms with Crippen LogP contribution < -0.4 is 10.6 Å². The van der Waals surface area contributed by atoms with Crippen LogP contribution in [0.1, 0.15) is 17.3 Å². The monoisotopic (exact) mass is 392 g/mol. The number of halogens is 1. The van der Waals surface area contributed by atoms with E-state index in [0.717, 1.165) is 6.26 Å². The van der Waals surface area contributed by atoms with Gasteiger partial charge >= 0.3 is 5.97 Å². The Bertz CT molecular complexity index is 732. The Morgan fingerprint density at radius 1 is 1.36 bits per heavy atom. The van der Waals surface area contributed by atoms with Crippen LogP contribution in [-0.2, 0) is 24.1 Å². The molecule has 1 aliphatic heterocycles. The summed E-state index contributed by atoms with van der Waals surface area (Å²) in [5.41, 5.74) is 0.248. The molecule has 1 heterocycles. The fourth-order valence-corrected chi connectivity index (χ4v) is 2.86. The standard InChI is InChI=1S/C15H20N2O6S.ClH/c1-3-22-15(19)10-6-11(8-12(7-10)24(2,20)21)17-14(18)13-9-16-4-5-23-13;/h6-8,13,16H,3-5,9H2,1-2H3,(H,17,18);1H. The van der Waals surface area contributed by atoms with Gasteiger partial charge in [-0.25, -0.2) is 13.2 Å². The molecular weight excluding hydrogens is 372 g/mol. The Labute approximate surface area is 152 Å². The molecule has 0 saturated carbocycles. The van der Waals surface area contributed by atoms with Crippen molar-refractivity contribution in [2.75, 3.05) is 37.9 Å². The molecule has 1 aliphatic rings. The van der Waals surface area contributed by atoms with Crippen molar-refractivity contribution in [2.24, 2.45) is 0 Å². The summed E-state index contributed by atoms with van der Waals surface area (Å²) in [7, 11) is -3.56. The Kier molecular flexibility index (Phi) is 7.81. The first-order valence-corrected chi connectivity index (χ1v) is 9.36. The number of carbonyl (C=O) groups is 2. The van der Waals surface area contributed by atoms with Crippen molar-refractivity contribution >= 4 is 39.8 Å². The average Bonchev–Trinajstić information content (AvgIpc) is 2.54. The molecule has 1 aromatic rings. The van der Waals surface area contributed by atoms with Crippen molar-refractivity contribution in [3.63, 3.8) is 0 Å². The maximum atomic E-state index is 12.2. The second kappa shape index (κ2) is 9.14. The highest BCUT2D eigenvalue weighted by Crippen LogP contribution is 2.20. The molecule has 0 bridgehead atoms. The lowest BCUT2D eigenvalue weighted by Crippen LogP contribution is -2.45. The van der Waals surface area contributed by atoms with Crippen LogP contribution in [0, 0.1) is 0 Å². The normalized spacial score (nSPS) is 17.3. The minimum absolute atomic E-state index is 0. The number of nitrogens with one attached hydrogen (secondary N) is 2. The topological polar surface area (TPSA) is 111 Å². The molecule has 2 N–H and O–H groups in total. The van der Waals surface area contributed by atoms with Gasteiger partial charge in [-0.05, 0) is 25.1 Å². The van der Waals surface area contributed by atoms with Crippen LogP contribution in [0.5, 0.6) is 0 Å². The van der Waals surface area contributed by atoms with Gasteiger partial charge in [-0.2, -0.15) is 0 Å². The molecule has 1 aromatic carbocycles. The summed E-state index contributed by atoms with van der Waals surface area (Å²) in [5, 5.41) is 5.61. The van der Waals surface area contributed by atoms with Gasteiger partial charge in [0.2, 0.25) is 0 Å². The number of benzene rings is 1. The number of esters is 1. The van der Waals surface area contributed by atoms with Crippen molar-refractivity contribution < 1.29 is 27.5 Å². The van der Waals surface area contributed by atoms with Gasteiger partial charge < -0.3 is 20.1 Å². The average molecular weight is 393 g/mol. The Balaban J connectivity index is 0.00000312. The third-order valence-corrected chi connectivity index (χ3v) is 4.43. The molecule has 0 radical (unpaired) electrons. The first-order chi connectivity index (χ1) is 11.3. The van der Waals surface area contributed by atoms with Crippen LogP contribution >= 0.6 is 12.4 Å². The Hall–Kier alpha value is -1.68. The van der Waals surface area contributed by atoms with E-state index in [4.69, 9.17) is 9.47 Å². The first-order valence-electron chi connectivity index (χ1n) is 7.46. The largest absolute Gasteiger partial charge is 0.462 e. The predicted octanol–water partition coefficient (Wildman–Crippen LogP) is 0.615. The number of amides is 1. The van der Waals surface area contributed by atoms with Crippen LogP contribution in [0.3, 0.4) is 0 Å². The zero-order chi connectivity index (χ0) is 17.7. The van der Waals surface area contributed by atoms with Gasteiger partial charge in [-0.1, -0.05) is 0 Å². The molecule has 1 atom stereocenters. The van der Waals surface area contributed by atoms with E-state index in [1.807, 2.05) is 0 Å². The van der Waals surface area contributed by atoms with E-state index in [9.17, 15) is 18.0 Å². The van der Waals surface area contributed by atoms with E-state index in [2.05, 4.69) is 10.6 Å². The minimum Gasteiger partial charge on any atom is -0.462 e. The molecule has 140 valence electrons. The van der Waals surface area contributed by atoms with Gasteiger partial charge in [0, 0.05) is 25.0 Å². The number of sulfone groups is 1. The molecule has 2 rings (SSSR count). The minimum atomic E-state index is -3.56. The van der Waals surface area contributed by atoms with E-state index in [-0.39, 0.29) is 35.2 Å². The van der Waals surface area contributed by atoms with E-state index < -0.39 is 27.8 Å². The number of rotatable bonds is 5. The van der Waals surface area contributed by atoms with Crippen molar-refractivity contribution in [3.05, 3.63) is 23.8 Å². The maximum absolute atomic E-state index is 12.2. The van der Waals surface area contributed by atoms with Crippen LogP contribution in [0.15, 0.2) is 23.1 Å². The van der Waals surface area contributed by atoms with Gasteiger partial charge in [0.15, 0.2) is 9.84 Å². The lowest BCUT2D eigenvalue weighted by Gasteiger charge is -2.22. The third kappa shape index (κ3) is 5.96. The maximum Gasteiger partial charge on any atom is 0.338 e. The summed E-state index contributed by atoms with van der Waals surface area (Å²) >= 11 is 0. The zero-order valence-corrected chi connectivity index (χ0v) is 15.5. The van der Waals surface area contributed by atoms with Crippen LogP contribution in [-0.4, -0.2) is 59.0 Å². The van der Waals surface area contributed by atoms with Crippen molar-refractivity contribution in [3.8, 4) is 0 Å². The summed E-state index contributed by atoms with van der Waals surface area (Å²) in [6.07, 6.45) is 0.350. The molecule has 1 unspecified atom stereocenters. The van der Waals surface area contributed by atoms with Crippen LogP contribution in [0.4, 0.5) is 5.69 Å². The van der Waals surface area contributed by atoms with E-state index in [1.54, 1.807) is 6.92 Å². The number of hydrogen-bond donors (Lipinski definition) is 2. The van der Waals surface area contributed by atoms with Gasteiger partial charge in [0.05, 0.1) is 23.7 Å². The third-order valence-electron chi connectivity index (χ3n) is 3.33. The van der Waals surface area contributed by atoms with E-state index >= 15 is 0 Å². The van der Waals surface area contributed by atoms with Crippen LogP contribution in [0.25, 0.3) is 0 Å². The Morgan fingerprint density at radius 3 is 2.64 bits per heavy atom. The summed E-state index contributed by atoms with van der Waals surface area (Å²) in [5.74, 6) is -1.07. The fraction of sp³-hybridized carbons (Fsp3) is 0.467. The highest BCUT2D eigenvalue weighted by atomic mass is 35.5. The van der Waals surface area contributed by atoms with E-state index in [0.29, 0.717) is 19.7 Å². The predicted molar refractivity (Wildman–Crippen MR) is 94.0 cm³/mol. The van der Waals surface area contributed by atoms with Gasteiger partial charge in [-0.3, -0.25) is 4.79 Å². The number of hydrogen-bond acceptors (Lipinski definition) is 7. The molecular formula is C15H21ClN2O6S. The number of ether oxygens (including phenoxy) is 2. The molecule has 1 fully saturated rings. The molecule has 8 nitrogen and oxygen atoms in total. The van der Waals surface area contributed by atoms with Crippen molar-refractivity contribution in [2.45, 2.75) is 17.9 Å². The second-order valence-corrected chi connectivity index (χ2v) is 7.31. The lowest BCUT2D eigenvalue weighted by atomic mass is 10.2. The smallest absolute Gasteiger partial charge is 0.338 e. The SMILES string of the molecule is CCOC(=O)c1cc(NC(=O)C2CNCCO2)cc(S(C)(=O)=O)c1.Cl. The molecule has 0 aromatic heterocycles. The molecule has 1 amide bonds. The first kappa shape index (κ1) is 21.4. The number of morpholine rings is 1. The molecule has 0 aliphatic carbocycles. The fourth-order valence-electron chi connectivity index (χ4n) is 2.17. The summed E-state index contributed by atoms with van der Waals surface area (Å²) in [4.78, 5) is 24.0. The van der Waals surface area contributed by atoms with Crippen molar-refractivity contribution in [1.29, 1.82) is 0 Å². The second-order valence-electron chi connectivity index (χ2n) is 5.29. The van der Waals surface area contributed by atoms with Crippen molar-refractivity contribution in [1.82, 2.24) is 5.32 Å². The molecule has 0 spiro atoms. The summed E-state index contributed by atoms with van der Waals surface area (Å²) in [6, 6.07) is 3.90. The van der Waals surface area contributed by atoms with E-state index in [1.165, 1.54) is 18.2 Å². The summed E-state index contributed by atoms with van der Waals surface area (Å²) in [6.45, 7) is 3.25. The highest BCUT2D eigenvalue weighted by Gasteiger charge is 2.23. The molecule has 25 heavy (non-hydrogen) atoms. The molecule has 1 saturated heterocycles. The molecule has 10 heteroatoms. The number of anilines is 1. The zero-order valence-electron chi connectivity index (χ0n) is 13.9. The van der Waals surface area contributed by atoms with Gasteiger partial charge in [-0.15, -0.1) is 12.4 Å². The van der Waals surface area contributed by atoms with Gasteiger partial charge in [0.1, 0.15) is 6.10 Å². The lowest BCUT2D eigenvalue weighted by molar-refractivity contribution is -0.128. The summed E-state index contributed by atoms with van der Waals surface area (Å²) < 4.78 is 33.8. The Morgan fingerprint density at radius 2 is 2.08 bits per heavy atom. The van der Waals surface area contributed by atoms with Gasteiger partial charge in [0.25, 0.3) is 5.91 Å². The quantitative estimate of drug-likeness (QED) is 0.706. The number of carbonyl (C=O) groups excluding carboxylic acids is 2. The van der Waals surface area contributed by atoms with Crippen LogP contribution in [0.2, 0.25) is 0 Å².